The third-order valence-corrected chi connectivity index (χ3v) is 6.21. The van der Waals surface area contributed by atoms with E-state index < -0.39 is 0 Å². The molecular formula is C22H30N3O2+. The minimum absolute atomic E-state index is 0.0259. The number of nitrogens with zero attached hydrogens (tertiary/aromatic N) is 2. The summed E-state index contributed by atoms with van der Waals surface area (Å²) < 4.78 is 0. The summed E-state index contributed by atoms with van der Waals surface area (Å²) in [5.74, 6) is -0.206. The maximum atomic E-state index is 12.7. The van der Waals surface area contributed by atoms with Crippen LogP contribution in [0.4, 0.5) is 5.69 Å². The van der Waals surface area contributed by atoms with Gasteiger partial charge in [0.2, 0.25) is 11.8 Å². The Kier molecular flexibility index (Phi) is 5.30. The lowest BCUT2D eigenvalue weighted by atomic mass is 9.85. The highest BCUT2D eigenvalue weighted by Gasteiger charge is 2.48. The molecule has 0 bridgehead atoms. The van der Waals surface area contributed by atoms with Gasteiger partial charge in [-0.25, -0.2) is 4.90 Å². The lowest BCUT2D eigenvalue weighted by Gasteiger charge is -2.31. The van der Waals surface area contributed by atoms with Crippen molar-refractivity contribution in [3.63, 3.8) is 0 Å². The van der Waals surface area contributed by atoms with E-state index in [4.69, 9.17) is 0 Å². The number of fused-ring (bicyclic) bond motifs is 1. The van der Waals surface area contributed by atoms with Crippen molar-refractivity contribution in [3.05, 3.63) is 42.0 Å². The Balaban J connectivity index is 1.43. The predicted octanol–water partition coefficient (Wildman–Crippen LogP) is 1.60. The van der Waals surface area contributed by atoms with Crippen molar-refractivity contribution in [2.75, 3.05) is 31.7 Å². The molecule has 5 nitrogen and oxygen atoms in total. The van der Waals surface area contributed by atoms with E-state index in [9.17, 15) is 9.59 Å². The first-order chi connectivity index (χ1) is 13.1. The molecule has 3 atom stereocenters. The zero-order valence-electron chi connectivity index (χ0n) is 16.2. The van der Waals surface area contributed by atoms with Crippen LogP contribution in [0.2, 0.25) is 0 Å². The number of imide groups is 1. The van der Waals surface area contributed by atoms with Crippen molar-refractivity contribution >= 4 is 17.5 Å². The first kappa shape index (κ1) is 18.2. The van der Waals surface area contributed by atoms with E-state index in [2.05, 4.69) is 36.2 Å². The van der Waals surface area contributed by atoms with E-state index in [0.717, 1.165) is 19.6 Å². The first-order valence-electron chi connectivity index (χ1n) is 10.3. The van der Waals surface area contributed by atoms with Crippen molar-refractivity contribution in [3.8, 4) is 0 Å². The molecule has 1 aromatic rings. The molecule has 0 spiro atoms. The number of allylic oxidation sites excluding steroid dienone is 2. The molecule has 1 N–H and O–H groups in total. The number of hydrogen-bond acceptors (Lipinski definition) is 3. The smallest absolute Gasteiger partial charge is 0.237 e. The lowest BCUT2D eigenvalue weighted by molar-refractivity contribution is -0.901. The Labute approximate surface area is 161 Å². The zero-order valence-corrected chi connectivity index (χ0v) is 16.2. The fraction of sp³-hybridized carbons (Fsp3) is 0.545. The topological polar surface area (TPSA) is 45.1 Å². The third kappa shape index (κ3) is 3.65. The first-order valence-corrected chi connectivity index (χ1v) is 10.3. The molecule has 2 aliphatic heterocycles. The van der Waals surface area contributed by atoms with Crippen LogP contribution in [0.1, 0.15) is 37.7 Å². The molecule has 0 radical (unpaired) electrons. The van der Waals surface area contributed by atoms with Gasteiger partial charge in [-0.05, 0) is 38.2 Å². The van der Waals surface area contributed by atoms with Gasteiger partial charge in [0.15, 0.2) is 6.67 Å². The van der Waals surface area contributed by atoms with Gasteiger partial charge in [-0.2, -0.15) is 0 Å². The molecule has 5 heteroatoms. The number of hydrogen-bond donors (Lipinski definition) is 1. The Bertz CT molecular complexity index is 713. The van der Waals surface area contributed by atoms with Crippen molar-refractivity contribution in [2.45, 2.75) is 38.6 Å². The van der Waals surface area contributed by atoms with E-state index in [1.807, 2.05) is 12.2 Å². The molecule has 2 amide bonds. The van der Waals surface area contributed by atoms with E-state index in [1.165, 1.54) is 40.3 Å². The Morgan fingerprint density at radius 3 is 2.26 bits per heavy atom. The summed E-state index contributed by atoms with van der Waals surface area (Å²) in [4.78, 5) is 30.6. The molecule has 1 aromatic carbocycles. The average molecular weight is 369 g/mol. The molecule has 27 heavy (non-hydrogen) atoms. The second kappa shape index (κ2) is 7.85. The molecular weight excluding hydrogens is 338 g/mol. The van der Waals surface area contributed by atoms with Gasteiger partial charge in [0.25, 0.3) is 0 Å². The molecule has 3 aliphatic rings. The molecule has 144 valence electrons. The number of piperidine rings is 1. The van der Waals surface area contributed by atoms with Gasteiger partial charge in [-0.15, -0.1) is 0 Å². The standard InChI is InChI=1S/C22H29N3O2/c1-23(16-25-21(26)18-10-4-5-11-19(18)22(25)27)15-17-9-3-6-12-20(17)24-13-7-2-8-14-24/h3-6,9,12,18-19H,2,7-8,10-11,13-16H2,1H3/p+1/t18-,19-/m0/s1. The second-order valence-corrected chi connectivity index (χ2v) is 8.23. The summed E-state index contributed by atoms with van der Waals surface area (Å²) in [6, 6.07) is 8.58. The van der Waals surface area contributed by atoms with E-state index >= 15 is 0 Å². The third-order valence-electron chi connectivity index (χ3n) is 6.21. The highest BCUT2D eigenvalue weighted by Crippen LogP contribution is 2.34. The number of likely N-dealkylation sites (tertiary alicyclic amines) is 1. The minimum Gasteiger partial charge on any atom is -0.371 e. The van der Waals surface area contributed by atoms with Crippen LogP contribution < -0.4 is 9.80 Å². The summed E-state index contributed by atoms with van der Waals surface area (Å²) in [5, 5.41) is 0. The molecule has 2 saturated heterocycles. The van der Waals surface area contributed by atoms with Crippen LogP contribution in [0.15, 0.2) is 36.4 Å². The summed E-state index contributed by atoms with van der Waals surface area (Å²) in [7, 11) is 2.08. The fourth-order valence-corrected chi connectivity index (χ4v) is 4.78. The highest BCUT2D eigenvalue weighted by atomic mass is 16.2. The van der Waals surface area contributed by atoms with E-state index in [1.54, 1.807) is 0 Å². The van der Waals surface area contributed by atoms with Gasteiger partial charge in [0.1, 0.15) is 6.54 Å². The number of anilines is 1. The molecule has 1 aliphatic carbocycles. The number of carbonyl (C=O) groups excluding carboxylic acids is 2. The number of rotatable bonds is 5. The number of benzene rings is 1. The molecule has 0 aromatic heterocycles. The summed E-state index contributed by atoms with van der Waals surface area (Å²) in [5.41, 5.74) is 2.61. The molecule has 2 fully saturated rings. The monoisotopic (exact) mass is 368 g/mol. The predicted molar refractivity (Wildman–Crippen MR) is 105 cm³/mol. The van der Waals surface area contributed by atoms with Gasteiger partial charge >= 0.3 is 0 Å². The van der Waals surface area contributed by atoms with Crippen LogP contribution in [0.3, 0.4) is 0 Å². The van der Waals surface area contributed by atoms with Crippen molar-refractivity contribution in [1.82, 2.24) is 4.90 Å². The van der Waals surface area contributed by atoms with Crippen LogP contribution in [0.5, 0.6) is 0 Å². The molecule has 0 saturated carbocycles. The van der Waals surface area contributed by atoms with Crippen molar-refractivity contribution in [2.24, 2.45) is 11.8 Å². The maximum absolute atomic E-state index is 12.7. The number of para-hydroxylation sites is 1. The van der Waals surface area contributed by atoms with Crippen LogP contribution in [0, 0.1) is 11.8 Å². The largest absolute Gasteiger partial charge is 0.371 e. The molecule has 4 rings (SSSR count). The fourth-order valence-electron chi connectivity index (χ4n) is 4.78. The normalized spacial score (nSPS) is 26.4. The summed E-state index contributed by atoms with van der Waals surface area (Å²) >= 11 is 0. The summed E-state index contributed by atoms with van der Waals surface area (Å²) in [6.07, 6.45) is 9.34. The minimum atomic E-state index is -0.129. The van der Waals surface area contributed by atoms with E-state index in [0.29, 0.717) is 19.5 Å². The van der Waals surface area contributed by atoms with Crippen molar-refractivity contribution in [1.29, 1.82) is 0 Å². The van der Waals surface area contributed by atoms with Crippen LogP contribution in [0.25, 0.3) is 0 Å². The number of amides is 2. The SMILES string of the molecule is C[NH+](Cc1ccccc1N1CCCCC1)CN1C(=O)[C@H]2CC=CC[C@@H]2C1=O. The Morgan fingerprint density at radius 2 is 1.59 bits per heavy atom. The quantitative estimate of drug-likeness (QED) is 0.634. The molecule has 1 unspecified atom stereocenters. The van der Waals surface area contributed by atoms with Gasteiger partial charge in [-0.3, -0.25) is 9.59 Å². The van der Waals surface area contributed by atoms with E-state index in [-0.39, 0.29) is 23.7 Å². The Hall–Kier alpha value is -2.14. The molecule has 2 heterocycles. The van der Waals surface area contributed by atoms with Gasteiger partial charge in [0.05, 0.1) is 18.9 Å². The highest BCUT2D eigenvalue weighted by molar-refractivity contribution is 6.05. The van der Waals surface area contributed by atoms with Gasteiger partial charge in [0, 0.05) is 24.3 Å². The van der Waals surface area contributed by atoms with Gasteiger partial charge in [-0.1, -0.05) is 30.4 Å². The summed E-state index contributed by atoms with van der Waals surface area (Å²) in [6.45, 7) is 3.52. The maximum Gasteiger partial charge on any atom is 0.237 e. The lowest BCUT2D eigenvalue weighted by Crippen LogP contribution is -3.09. The Morgan fingerprint density at radius 1 is 0.963 bits per heavy atom. The number of quaternary nitrogens is 1. The number of carbonyl (C=O) groups is 2. The average Bonchev–Trinajstić information content (AvgIpc) is 2.94. The second-order valence-electron chi connectivity index (χ2n) is 8.23. The van der Waals surface area contributed by atoms with Crippen LogP contribution in [-0.2, 0) is 16.1 Å². The number of nitrogens with one attached hydrogen (secondary N) is 1. The van der Waals surface area contributed by atoms with Crippen LogP contribution in [-0.4, -0.2) is 43.5 Å². The van der Waals surface area contributed by atoms with Crippen LogP contribution >= 0.6 is 0 Å². The zero-order chi connectivity index (χ0) is 18.8. The van der Waals surface area contributed by atoms with Crippen molar-refractivity contribution < 1.29 is 14.5 Å². The van der Waals surface area contributed by atoms with Gasteiger partial charge < -0.3 is 9.80 Å².